The highest BCUT2D eigenvalue weighted by Gasteiger charge is 2.61. The van der Waals surface area contributed by atoms with E-state index in [1.165, 1.54) is 0 Å². The molecule has 7 nitrogen and oxygen atoms in total. The van der Waals surface area contributed by atoms with E-state index in [4.69, 9.17) is 9.84 Å². The van der Waals surface area contributed by atoms with Gasteiger partial charge in [-0.05, 0) is 5.56 Å². The Morgan fingerprint density at radius 3 is 2.41 bits per heavy atom. The second-order valence-electron chi connectivity index (χ2n) is 5.35. The van der Waals surface area contributed by atoms with Crippen LogP contribution < -0.4 is 0 Å². The molecular weight excluding hydrogens is 290 g/mol. The first-order chi connectivity index (χ1) is 10.4. The van der Waals surface area contributed by atoms with Crippen molar-refractivity contribution in [2.75, 3.05) is 6.54 Å². The number of hydrogen-bond donors (Lipinski definition) is 2. The average Bonchev–Trinajstić information content (AvgIpc) is 2.48. The van der Waals surface area contributed by atoms with Gasteiger partial charge < -0.3 is 14.9 Å². The maximum Gasteiger partial charge on any atom is 0.411 e. The smallest absolute Gasteiger partial charge is 0.411 e. The van der Waals surface area contributed by atoms with Gasteiger partial charge in [0.15, 0.2) is 5.54 Å². The molecule has 0 radical (unpaired) electrons. The van der Waals surface area contributed by atoms with Crippen molar-refractivity contribution in [3.63, 3.8) is 0 Å². The lowest BCUT2D eigenvalue weighted by molar-refractivity contribution is -0.174. The monoisotopic (exact) mass is 307 g/mol. The lowest BCUT2D eigenvalue weighted by Gasteiger charge is -2.52. The number of hydrogen-bond acceptors (Lipinski definition) is 4. The van der Waals surface area contributed by atoms with E-state index in [0.717, 1.165) is 10.5 Å². The summed E-state index contributed by atoms with van der Waals surface area (Å²) in [4.78, 5) is 35.6. The van der Waals surface area contributed by atoms with E-state index in [1.54, 1.807) is 31.2 Å². The largest absolute Gasteiger partial charge is 0.481 e. The minimum Gasteiger partial charge on any atom is -0.481 e. The van der Waals surface area contributed by atoms with Crippen molar-refractivity contribution in [1.29, 1.82) is 0 Å². The zero-order chi connectivity index (χ0) is 16.3. The molecule has 1 fully saturated rings. The molecule has 0 aromatic heterocycles. The molecule has 0 unspecified atom stereocenters. The third-order valence-corrected chi connectivity index (χ3v) is 3.97. The van der Waals surface area contributed by atoms with Gasteiger partial charge in [0.1, 0.15) is 6.61 Å². The Balaban J connectivity index is 2.08. The Bertz CT molecular complexity index is 587. The van der Waals surface area contributed by atoms with E-state index < -0.39 is 35.9 Å². The standard InChI is InChI=1S/C15H17NO6/c1-10-8-16(15(10,13(19)20)7-12(17)18)14(21)22-9-11-5-3-2-4-6-11/h2-6,10H,7-9H2,1H3,(H,17,18)(H,19,20)/t10-,15+/m1/s1. The maximum atomic E-state index is 12.1. The predicted molar refractivity (Wildman–Crippen MR) is 75.1 cm³/mol. The lowest BCUT2D eigenvalue weighted by atomic mass is 9.73. The molecule has 1 aromatic carbocycles. The number of aliphatic carboxylic acids is 2. The molecule has 0 bridgehead atoms. The molecule has 0 saturated carbocycles. The number of amides is 1. The summed E-state index contributed by atoms with van der Waals surface area (Å²) in [5, 5.41) is 18.3. The molecule has 1 aliphatic rings. The molecule has 1 saturated heterocycles. The first kappa shape index (κ1) is 15.8. The van der Waals surface area contributed by atoms with Gasteiger partial charge in [-0.2, -0.15) is 0 Å². The Morgan fingerprint density at radius 1 is 1.27 bits per heavy atom. The maximum absolute atomic E-state index is 12.1. The van der Waals surface area contributed by atoms with E-state index in [-0.39, 0.29) is 13.2 Å². The highest BCUT2D eigenvalue weighted by Crippen LogP contribution is 2.40. The van der Waals surface area contributed by atoms with E-state index in [0.29, 0.717) is 0 Å². The number of ether oxygens (including phenoxy) is 1. The van der Waals surface area contributed by atoms with Crippen molar-refractivity contribution >= 4 is 18.0 Å². The molecule has 7 heteroatoms. The minimum atomic E-state index is -1.74. The summed E-state index contributed by atoms with van der Waals surface area (Å²) in [7, 11) is 0. The molecule has 22 heavy (non-hydrogen) atoms. The Hall–Kier alpha value is -2.57. The SMILES string of the molecule is C[C@@H]1CN(C(=O)OCc2ccccc2)[C@]1(CC(=O)O)C(=O)O. The Morgan fingerprint density at radius 2 is 1.91 bits per heavy atom. The van der Waals surface area contributed by atoms with Gasteiger partial charge in [-0.3, -0.25) is 9.69 Å². The summed E-state index contributed by atoms with van der Waals surface area (Å²) in [5.41, 5.74) is -0.969. The second kappa shape index (κ2) is 6.05. The van der Waals surface area contributed by atoms with Crippen molar-refractivity contribution in [3.05, 3.63) is 35.9 Å². The molecule has 2 atom stereocenters. The second-order valence-corrected chi connectivity index (χ2v) is 5.35. The van der Waals surface area contributed by atoms with Crippen LogP contribution in [0.25, 0.3) is 0 Å². The number of rotatable bonds is 5. The molecule has 0 spiro atoms. The fourth-order valence-electron chi connectivity index (χ4n) is 2.68. The van der Waals surface area contributed by atoms with Gasteiger partial charge in [0.25, 0.3) is 0 Å². The van der Waals surface area contributed by atoms with E-state index >= 15 is 0 Å². The van der Waals surface area contributed by atoms with Gasteiger partial charge in [0, 0.05) is 12.5 Å². The number of nitrogens with zero attached hydrogens (tertiary/aromatic N) is 1. The topological polar surface area (TPSA) is 104 Å². The lowest BCUT2D eigenvalue weighted by Crippen LogP contribution is -2.72. The molecule has 1 aliphatic heterocycles. The van der Waals surface area contributed by atoms with Crippen LogP contribution in [-0.4, -0.2) is 45.2 Å². The first-order valence-corrected chi connectivity index (χ1v) is 6.81. The van der Waals surface area contributed by atoms with Gasteiger partial charge in [0.2, 0.25) is 0 Å². The quantitative estimate of drug-likeness (QED) is 0.855. The van der Waals surface area contributed by atoms with Gasteiger partial charge >= 0.3 is 18.0 Å². The molecule has 1 amide bonds. The van der Waals surface area contributed by atoms with Crippen molar-refractivity contribution in [1.82, 2.24) is 4.90 Å². The Labute approximate surface area is 127 Å². The molecule has 2 N–H and O–H groups in total. The van der Waals surface area contributed by atoms with Crippen LogP contribution in [-0.2, 0) is 20.9 Å². The summed E-state index contributed by atoms with van der Waals surface area (Å²) in [6.07, 6.45) is -1.46. The van der Waals surface area contributed by atoms with Crippen LogP contribution in [0.15, 0.2) is 30.3 Å². The highest BCUT2D eigenvalue weighted by molar-refractivity contribution is 5.91. The zero-order valence-electron chi connectivity index (χ0n) is 12.1. The number of likely N-dealkylation sites (tertiary alicyclic amines) is 1. The third kappa shape index (κ3) is 2.74. The van der Waals surface area contributed by atoms with Crippen LogP contribution in [0.5, 0.6) is 0 Å². The first-order valence-electron chi connectivity index (χ1n) is 6.81. The van der Waals surface area contributed by atoms with Gasteiger partial charge in [-0.25, -0.2) is 9.59 Å². The molecule has 0 aliphatic carbocycles. The van der Waals surface area contributed by atoms with Gasteiger partial charge in [-0.1, -0.05) is 37.3 Å². The fraction of sp³-hybridized carbons (Fsp3) is 0.400. The summed E-state index contributed by atoms with van der Waals surface area (Å²) in [5.74, 6) is -3.05. The summed E-state index contributed by atoms with van der Waals surface area (Å²) in [6, 6.07) is 8.95. The molecular formula is C15H17NO6. The van der Waals surface area contributed by atoms with Gasteiger partial charge in [0.05, 0.1) is 6.42 Å². The van der Waals surface area contributed by atoms with Crippen LogP contribution in [0.3, 0.4) is 0 Å². The average molecular weight is 307 g/mol. The van der Waals surface area contributed by atoms with Crippen LogP contribution in [0.1, 0.15) is 18.9 Å². The van der Waals surface area contributed by atoms with Crippen LogP contribution >= 0.6 is 0 Å². The number of carboxylic acids is 2. The molecule has 1 aromatic rings. The number of benzene rings is 1. The van der Waals surface area contributed by atoms with E-state index in [9.17, 15) is 19.5 Å². The summed E-state index contributed by atoms with van der Waals surface area (Å²) >= 11 is 0. The van der Waals surface area contributed by atoms with Gasteiger partial charge in [-0.15, -0.1) is 0 Å². The predicted octanol–water partition coefficient (Wildman–Crippen LogP) is 1.57. The van der Waals surface area contributed by atoms with Crippen molar-refractivity contribution in [3.8, 4) is 0 Å². The summed E-state index contributed by atoms with van der Waals surface area (Å²) < 4.78 is 5.10. The fourth-order valence-corrected chi connectivity index (χ4v) is 2.68. The van der Waals surface area contributed by atoms with Crippen molar-refractivity contribution in [2.24, 2.45) is 5.92 Å². The number of carbonyl (C=O) groups is 3. The van der Waals surface area contributed by atoms with E-state index in [1.807, 2.05) is 6.07 Å². The van der Waals surface area contributed by atoms with Crippen molar-refractivity contribution < 1.29 is 29.3 Å². The number of carbonyl (C=O) groups excluding carboxylic acids is 1. The van der Waals surface area contributed by atoms with E-state index in [2.05, 4.69) is 0 Å². The molecule has 2 rings (SSSR count). The normalized spacial score (nSPS) is 23.5. The highest BCUT2D eigenvalue weighted by atomic mass is 16.6. The van der Waals surface area contributed by atoms with Crippen molar-refractivity contribution in [2.45, 2.75) is 25.5 Å². The minimum absolute atomic E-state index is 0.00727. The molecule has 118 valence electrons. The Kier molecular flexibility index (Phi) is 4.35. The zero-order valence-corrected chi connectivity index (χ0v) is 12.1. The number of carboxylic acid groups (broad SMARTS) is 2. The van der Waals surface area contributed by atoms with Crippen LogP contribution in [0.4, 0.5) is 4.79 Å². The third-order valence-electron chi connectivity index (χ3n) is 3.97. The summed E-state index contributed by atoms with van der Waals surface area (Å²) in [6.45, 7) is 1.78. The van der Waals surface area contributed by atoms with Crippen LogP contribution in [0, 0.1) is 5.92 Å². The van der Waals surface area contributed by atoms with Crippen LogP contribution in [0.2, 0.25) is 0 Å². The molecule has 1 heterocycles.